The molecule has 156 valence electrons. The molecular formula is C19H24N4O6. The van der Waals surface area contributed by atoms with Gasteiger partial charge in [-0.2, -0.15) is 0 Å². The number of hydrogen-bond donors (Lipinski definition) is 2. The molecule has 0 saturated carbocycles. The molecule has 29 heavy (non-hydrogen) atoms. The fourth-order valence-corrected chi connectivity index (χ4v) is 2.70. The molecule has 2 aromatic rings. The summed E-state index contributed by atoms with van der Waals surface area (Å²) in [4.78, 5) is 50.0. The van der Waals surface area contributed by atoms with Gasteiger partial charge in [0, 0.05) is 28.6 Å². The Bertz CT molecular complexity index is 892. The lowest BCUT2D eigenvalue weighted by molar-refractivity contribution is -0.467. The molecular weight excluding hydrogens is 380 g/mol. The molecule has 0 aliphatic rings. The van der Waals surface area contributed by atoms with E-state index in [1.54, 1.807) is 6.20 Å². The molecule has 2 N–H and O–H groups in total. The minimum atomic E-state index is -1.05. The highest BCUT2D eigenvalue weighted by molar-refractivity contribution is 5.89. The van der Waals surface area contributed by atoms with Crippen LogP contribution in [0.1, 0.15) is 25.8 Å². The van der Waals surface area contributed by atoms with E-state index in [0.717, 1.165) is 15.8 Å². The van der Waals surface area contributed by atoms with Crippen LogP contribution in [0.2, 0.25) is 0 Å². The molecule has 10 heteroatoms. The Morgan fingerprint density at radius 1 is 1.28 bits per heavy atom. The summed E-state index contributed by atoms with van der Waals surface area (Å²) in [7, 11) is 0. The molecule has 1 heterocycles. The Morgan fingerprint density at radius 3 is 2.69 bits per heavy atom. The number of nitro groups is 1. The maximum absolute atomic E-state index is 12.4. The van der Waals surface area contributed by atoms with Crippen LogP contribution in [-0.2, 0) is 16.1 Å². The number of carbonyl (C=O) groups is 3. The molecule has 0 aliphatic heterocycles. The third kappa shape index (κ3) is 6.91. The number of aromatic amines is 1. The van der Waals surface area contributed by atoms with E-state index in [4.69, 9.17) is 4.74 Å². The SMILES string of the molecule is CC(C)CCNC(=O)OC(=O)N(CC(=O)C[N+](=O)[O-])Cc1c[nH]c2ccccc12. The lowest BCUT2D eigenvalue weighted by Gasteiger charge is -2.20. The number of benzene rings is 1. The predicted molar refractivity (Wildman–Crippen MR) is 105 cm³/mol. The van der Waals surface area contributed by atoms with E-state index in [0.29, 0.717) is 24.4 Å². The van der Waals surface area contributed by atoms with E-state index in [-0.39, 0.29) is 6.54 Å². The van der Waals surface area contributed by atoms with Gasteiger partial charge in [0.25, 0.3) is 6.54 Å². The summed E-state index contributed by atoms with van der Waals surface area (Å²) in [6, 6.07) is 7.35. The van der Waals surface area contributed by atoms with E-state index in [2.05, 4.69) is 10.3 Å². The van der Waals surface area contributed by atoms with Crippen LogP contribution in [0.5, 0.6) is 0 Å². The molecule has 2 amide bonds. The van der Waals surface area contributed by atoms with Gasteiger partial charge in [0.15, 0.2) is 0 Å². The molecule has 2 rings (SSSR count). The van der Waals surface area contributed by atoms with E-state index in [1.165, 1.54) is 0 Å². The first kappa shape index (κ1) is 21.9. The van der Waals surface area contributed by atoms with Crippen LogP contribution in [0.25, 0.3) is 10.9 Å². The number of hydrogen-bond acceptors (Lipinski definition) is 6. The molecule has 1 aromatic heterocycles. The van der Waals surface area contributed by atoms with Crippen molar-refractivity contribution in [1.82, 2.24) is 15.2 Å². The lowest BCUT2D eigenvalue weighted by Crippen LogP contribution is -2.40. The number of nitrogens with zero attached hydrogens (tertiary/aromatic N) is 2. The van der Waals surface area contributed by atoms with Crippen LogP contribution in [0.3, 0.4) is 0 Å². The maximum atomic E-state index is 12.4. The van der Waals surface area contributed by atoms with Gasteiger partial charge in [0.05, 0.1) is 13.1 Å². The molecule has 1 aromatic carbocycles. The summed E-state index contributed by atoms with van der Waals surface area (Å²) in [6.07, 6.45) is 0.408. The van der Waals surface area contributed by atoms with Crippen LogP contribution in [-0.4, -0.2) is 52.4 Å². The van der Waals surface area contributed by atoms with Crippen molar-refractivity contribution in [3.8, 4) is 0 Å². The number of amides is 2. The highest BCUT2D eigenvalue weighted by Crippen LogP contribution is 2.19. The van der Waals surface area contributed by atoms with Crippen molar-refractivity contribution in [2.24, 2.45) is 5.92 Å². The molecule has 10 nitrogen and oxygen atoms in total. The van der Waals surface area contributed by atoms with Crippen LogP contribution >= 0.6 is 0 Å². The number of fused-ring (bicyclic) bond motifs is 1. The number of alkyl carbamates (subject to hydrolysis) is 1. The Balaban J connectivity index is 2.09. The van der Waals surface area contributed by atoms with Crippen molar-refractivity contribution in [1.29, 1.82) is 0 Å². The number of carbonyl (C=O) groups excluding carboxylic acids is 3. The zero-order valence-corrected chi connectivity index (χ0v) is 16.3. The van der Waals surface area contributed by atoms with E-state index in [9.17, 15) is 24.5 Å². The van der Waals surface area contributed by atoms with Gasteiger partial charge in [0.1, 0.15) is 0 Å². The zero-order valence-electron chi connectivity index (χ0n) is 16.3. The minimum absolute atomic E-state index is 0.0500. The predicted octanol–water partition coefficient (Wildman–Crippen LogP) is 2.71. The monoisotopic (exact) mass is 404 g/mol. The smallest absolute Gasteiger partial charge is 0.361 e. The van der Waals surface area contributed by atoms with Gasteiger partial charge >= 0.3 is 12.2 Å². The Morgan fingerprint density at radius 2 is 2.00 bits per heavy atom. The van der Waals surface area contributed by atoms with E-state index in [1.807, 2.05) is 38.1 Å². The maximum Gasteiger partial charge on any atom is 0.419 e. The van der Waals surface area contributed by atoms with Crippen molar-refractivity contribution in [3.05, 3.63) is 46.1 Å². The molecule has 0 radical (unpaired) electrons. The number of ketones is 1. The number of para-hydroxylation sites is 1. The number of aromatic nitrogens is 1. The Kier molecular flexibility index (Phi) is 7.70. The first-order chi connectivity index (χ1) is 13.8. The minimum Gasteiger partial charge on any atom is -0.361 e. The number of rotatable bonds is 9. The van der Waals surface area contributed by atoms with Crippen LogP contribution in [0, 0.1) is 16.0 Å². The largest absolute Gasteiger partial charge is 0.419 e. The summed E-state index contributed by atoms with van der Waals surface area (Å²) in [6.45, 7) is 2.80. The fraction of sp³-hybridized carbons (Fsp3) is 0.421. The van der Waals surface area contributed by atoms with Gasteiger partial charge in [-0.15, -0.1) is 0 Å². The molecule has 0 saturated heterocycles. The first-order valence-corrected chi connectivity index (χ1v) is 9.19. The summed E-state index contributed by atoms with van der Waals surface area (Å²) in [5, 5.41) is 13.9. The zero-order chi connectivity index (χ0) is 21.4. The van der Waals surface area contributed by atoms with Crippen molar-refractivity contribution >= 4 is 28.9 Å². The first-order valence-electron chi connectivity index (χ1n) is 9.19. The van der Waals surface area contributed by atoms with Gasteiger partial charge in [0.2, 0.25) is 5.78 Å². The number of nitrogens with one attached hydrogen (secondary N) is 2. The fourth-order valence-electron chi connectivity index (χ4n) is 2.70. The number of H-pyrrole nitrogens is 1. The summed E-state index contributed by atoms with van der Waals surface area (Å²) in [5.41, 5.74) is 1.52. The van der Waals surface area contributed by atoms with E-state index < -0.39 is 36.0 Å². The quantitative estimate of drug-likeness (QED) is 0.375. The van der Waals surface area contributed by atoms with Crippen molar-refractivity contribution in [3.63, 3.8) is 0 Å². The standard InChI is InChI=1S/C19H24N4O6/c1-13(2)7-8-20-18(25)29-19(26)22(11-15(24)12-23(27)28)10-14-9-21-17-6-4-3-5-16(14)17/h3-6,9,13,21H,7-8,10-12H2,1-2H3,(H,20,25). The summed E-state index contributed by atoms with van der Waals surface area (Å²) < 4.78 is 4.77. The highest BCUT2D eigenvalue weighted by atomic mass is 16.6. The van der Waals surface area contributed by atoms with Crippen LogP contribution < -0.4 is 5.32 Å². The van der Waals surface area contributed by atoms with Gasteiger partial charge in [-0.3, -0.25) is 19.8 Å². The normalized spacial score (nSPS) is 10.7. The van der Waals surface area contributed by atoms with Crippen LogP contribution in [0.15, 0.2) is 30.5 Å². The topological polar surface area (TPSA) is 135 Å². The Labute approximate surface area is 167 Å². The molecule has 0 aliphatic carbocycles. The molecule has 0 spiro atoms. The average molecular weight is 404 g/mol. The van der Waals surface area contributed by atoms with Crippen LogP contribution in [0.4, 0.5) is 9.59 Å². The molecule has 0 unspecified atom stereocenters. The second-order valence-corrected chi connectivity index (χ2v) is 7.01. The molecule has 0 fully saturated rings. The van der Waals surface area contributed by atoms with Crippen molar-refractivity contribution < 1.29 is 24.0 Å². The lowest BCUT2D eigenvalue weighted by atomic mass is 10.1. The molecule has 0 atom stereocenters. The van der Waals surface area contributed by atoms with Crippen molar-refractivity contribution in [2.75, 3.05) is 19.6 Å². The van der Waals surface area contributed by atoms with Gasteiger partial charge in [-0.1, -0.05) is 32.0 Å². The summed E-state index contributed by atoms with van der Waals surface area (Å²) >= 11 is 0. The third-order valence-electron chi connectivity index (χ3n) is 4.14. The van der Waals surface area contributed by atoms with Gasteiger partial charge in [-0.05, 0) is 24.0 Å². The Hall–Kier alpha value is -3.43. The number of ether oxygens (including phenoxy) is 1. The van der Waals surface area contributed by atoms with E-state index >= 15 is 0 Å². The second kappa shape index (κ2) is 10.2. The van der Waals surface area contributed by atoms with Gasteiger partial charge < -0.3 is 15.0 Å². The van der Waals surface area contributed by atoms with Gasteiger partial charge in [-0.25, -0.2) is 9.59 Å². The summed E-state index contributed by atoms with van der Waals surface area (Å²) in [5.74, 6) is -0.406. The highest BCUT2D eigenvalue weighted by Gasteiger charge is 2.24. The second-order valence-electron chi connectivity index (χ2n) is 7.01. The van der Waals surface area contributed by atoms with Crippen molar-refractivity contribution in [2.45, 2.75) is 26.8 Å². The average Bonchev–Trinajstić information content (AvgIpc) is 3.03. The number of Topliss-reactive ketones (excluding diaryl/α,β-unsaturated/α-hetero) is 1. The third-order valence-corrected chi connectivity index (χ3v) is 4.14. The molecule has 0 bridgehead atoms.